The smallest absolute Gasteiger partial charge is 0.329 e. The van der Waals surface area contributed by atoms with E-state index in [9.17, 15) is 14.4 Å². The fourth-order valence-electron chi connectivity index (χ4n) is 4.97. The second kappa shape index (κ2) is 10.6. The van der Waals surface area contributed by atoms with Crippen LogP contribution in [0.3, 0.4) is 0 Å². The molecule has 2 aliphatic heterocycles. The van der Waals surface area contributed by atoms with E-state index in [1.165, 1.54) is 14.2 Å². The summed E-state index contributed by atoms with van der Waals surface area (Å²) in [5, 5.41) is 14.2. The minimum absolute atomic E-state index is 0.278. The zero-order chi connectivity index (χ0) is 27.6. The highest BCUT2D eigenvalue weighted by Gasteiger charge is 2.54. The van der Waals surface area contributed by atoms with Crippen molar-refractivity contribution >= 4 is 29.3 Å². The van der Waals surface area contributed by atoms with E-state index in [0.29, 0.717) is 36.0 Å². The lowest BCUT2D eigenvalue weighted by atomic mass is 9.87. The van der Waals surface area contributed by atoms with E-state index in [1.807, 2.05) is 30.5 Å². The number of hydrogen-bond donors (Lipinski definition) is 2. The molecule has 1 aromatic heterocycles. The number of carbonyl (C=O) groups is 3. The Kier molecular flexibility index (Phi) is 7.09. The van der Waals surface area contributed by atoms with Crippen LogP contribution in [-0.2, 0) is 11.3 Å². The number of carbonyl (C=O) groups excluding carboxylic acids is 3. The molecule has 0 unspecified atom stereocenters. The summed E-state index contributed by atoms with van der Waals surface area (Å²) in [7, 11) is 2.98. The van der Waals surface area contributed by atoms with Gasteiger partial charge in [0.05, 0.1) is 26.1 Å². The molecule has 0 saturated carbocycles. The molecule has 2 saturated heterocycles. The van der Waals surface area contributed by atoms with Gasteiger partial charge in [-0.2, -0.15) is 0 Å². The van der Waals surface area contributed by atoms with E-state index in [1.54, 1.807) is 27.8 Å². The second-order valence-corrected chi connectivity index (χ2v) is 9.56. The molecule has 3 aromatic rings. The maximum Gasteiger partial charge on any atom is 0.329 e. The Balaban J connectivity index is 1.25. The molecule has 12 heteroatoms. The van der Waals surface area contributed by atoms with E-state index in [4.69, 9.17) is 9.47 Å². The van der Waals surface area contributed by atoms with E-state index >= 15 is 0 Å². The molecule has 1 spiro atoms. The van der Waals surface area contributed by atoms with Crippen LogP contribution in [0.2, 0.25) is 0 Å². The SMILES string of the molecule is CCCn1cc(-c2cccc(NC(=O)N3CCC4(CC3)NC(=O)N(c3cc(OC)ccc3OC)C4=O)c2)nn1. The molecule has 2 fully saturated rings. The average Bonchev–Trinajstić information content (AvgIpc) is 3.51. The van der Waals surface area contributed by atoms with Gasteiger partial charge in [-0.3, -0.25) is 9.48 Å². The standard InChI is InChI=1S/C27H31N7O5/c1-4-12-33-17-21(30-31-33)18-6-5-7-19(15-18)28-25(36)32-13-10-27(11-14-32)24(35)34(26(37)29-27)22-16-20(38-2)8-9-23(22)39-3/h5-9,15-17H,4,10-14H2,1-3H3,(H,28,36)(H,29,37). The van der Waals surface area contributed by atoms with Gasteiger partial charge in [0.1, 0.15) is 22.7 Å². The summed E-state index contributed by atoms with van der Waals surface area (Å²) < 4.78 is 12.4. The third-order valence-corrected chi connectivity index (χ3v) is 7.09. The summed E-state index contributed by atoms with van der Waals surface area (Å²) in [6.07, 6.45) is 3.41. The van der Waals surface area contributed by atoms with Crippen LogP contribution < -0.4 is 25.0 Å². The molecule has 0 bridgehead atoms. The number of rotatable bonds is 7. The number of piperidine rings is 1. The first-order valence-corrected chi connectivity index (χ1v) is 12.8. The molecule has 2 aromatic carbocycles. The van der Waals surface area contributed by atoms with Crippen LogP contribution in [-0.4, -0.2) is 70.7 Å². The van der Waals surface area contributed by atoms with Crippen molar-refractivity contribution in [3.63, 3.8) is 0 Å². The first-order valence-electron chi connectivity index (χ1n) is 12.8. The van der Waals surface area contributed by atoms with Crippen molar-refractivity contribution in [1.82, 2.24) is 25.2 Å². The number of aryl methyl sites for hydroxylation is 1. The van der Waals surface area contributed by atoms with Crippen molar-refractivity contribution in [2.24, 2.45) is 0 Å². The predicted octanol–water partition coefficient (Wildman–Crippen LogP) is 3.50. The molecule has 204 valence electrons. The maximum atomic E-state index is 13.6. The fourth-order valence-corrected chi connectivity index (χ4v) is 4.97. The van der Waals surface area contributed by atoms with Gasteiger partial charge in [0.15, 0.2) is 0 Å². The predicted molar refractivity (Wildman–Crippen MR) is 144 cm³/mol. The summed E-state index contributed by atoms with van der Waals surface area (Å²) in [5.41, 5.74) is 1.43. The number of amides is 5. The van der Waals surface area contributed by atoms with E-state index in [0.717, 1.165) is 29.1 Å². The number of likely N-dealkylation sites (tertiary alicyclic amines) is 1. The molecule has 0 atom stereocenters. The van der Waals surface area contributed by atoms with Gasteiger partial charge in [0.2, 0.25) is 0 Å². The van der Waals surface area contributed by atoms with Crippen LogP contribution in [0, 0.1) is 0 Å². The zero-order valence-electron chi connectivity index (χ0n) is 22.1. The van der Waals surface area contributed by atoms with Crippen LogP contribution in [0.4, 0.5) is 21.0 Å². The number of nitrogens with zero attached hydrogens (tertiary/aromatic N) is 5. The van der Waals surface area contributed by atoms with Crippen LogP contribution in [0.1, 0.15) is 26.2 Å². The third kappa shape index (κ3) is 4.97. The molecule has 2 N–H and O–H groups in total. The first-order chi connectivity index (χ1) is 18.9. The van der Waals surface area contributed by atoms with E-state index in [-0.39, 0.29) is 24.8 Å². The van der Waals surface area contributed by atoms with Crippen molar-refractivity contribution < 1.29 is 23.9 Å². The molecule has 0 radical (unpaired) electrons. The monoisotopic (exact) mass is 533 g/mol. The maximum absolute atomic E-state index is 13.6. The lowest BCUT2D eigenvalue weighted by Crippen LogP contribution is -2.56. The molecular weight excluding hydrogens is 502 g/mol. The minimum Gasteiger partial charge on any atom is -0.497 e. The summed E-state index contributed by atoms with van der Waals surface area (Å²) >= 11 is 0. The normalized spacial score (nSPS) is 16.4. The number of urea groups is 2. The van der Waals surface area contributed by atoms with E-state index < -0.39 is 11.6 Å². The number of hydrogen-bond acceptors (Lipinski definition) is 7. The molecule has 2 aliphatic rings. The lowest BCUT2D eigenvalue weighted by molar-refractivity contribution is -0.123. The molecule has 12 nitrogen and oxygen atoms in total. The van der Waals surface area contributed by atoms with Crippen LogP contribution in [0.25, 0.3) is 11.3 Å². The molecule has 5 rings (SSSR count). The fraction of sp³-hybridized carbons (Fsp3) is 0.370. The van der Waals surface area contributed by atoms with Crippen LogP contribution in [0.5, 0.6) is 11.5 Å². The lowest BCUT2D eigenvalue weighted by Gasteiger charge is -2.37. The van der Waals surface area contributed by atoms with Gasteiger partial charge in [0, 0.05) is 37.0 Å². The molecule has 0 aliphatic carbocycles. The number of aromatic nitrogens is 3. The summed E-state index contributed by atoms with van der Waals surface area (Å²) in [5.74, 6) is 0.500. The number of anilines is 2. The van der Waals surface area contributed by atoms with Gasteiger partial charge >= 0.3 is 12.1 Å². The number of ether oxygens (including phenoxy) is 2. The highest BCUT2D eigenvalue weighted by atomic mass is 16.5. The molecule has 39 heavy (non-hydrogen) atoms. The van der Waals surface area contributed by atoms with Crippen molar-refractivity contribution in [3.8, 4) is 22.8 Å². The third-order valence-electron chi connectivity index (χ3n) is 7.09. The Hall–Kier alpha value is -4.61. The van der Waals surface area contributed by atoms with Gasteiger partial charge in [-0.05, 0) is 43.5 Å². The first kappa shape index (κ1) is 26.0. The van der Waals surface area contributed by atoms with Gasteiger partial charge in [0.25, 0.3) is 5.91 Å². The highest BCUT2D eigenvalue weighted by Crippen LogP contribution is 2.38. The average molecular weight is 534 g/mol. The topological polar surface area (TPSA) is 131 Å². The Morgan fingerprint density at radius 2 is 1.90 bits per heavy atom. The Morgan fingerprint density at radius 3 is 2.62 bits per heavy atom. The minimum atomic E-state index is -1.09. The highest BCUT2D eigenvalue weighted by molar-refractivity contribution is 6.24. The van der Waals surface area contributed by atoms with Gasteiger partial charge in [-0.1, -0.05) is 24.3 Å². The Labute approximate surface area is 225 Å². The van der Waals surface area contributed by atoms with Crippen LogP contribution >= 0.6 is 0 Å². The number of methoxy groups -OCH3 is 2. The number of benzene rings is 2. The Bertz CT molecular complexity index is 1400. The van der Waals surface area contributed by atoms with Crippen molar-refractivity contribution in [2.75, 3.05) is 37.5 Å². The summed E-state index contributed by atoms with van der Waals surface area (Å²) in [6, 6.07) is 11.6. The summed E-state index contributed by atoms with van der Waals surface area (Å²) in [4.78, 5) is 42.3. The largest absolute Gasteiger partial charge is 0.497 e. The van der Waals surface area contributed by atoms with Crippen LogP contribution in [0.15, 0.2) is 48.7 Å². The van der Waals surface area contributed by atoms with Crippen molar-refractivity contribution in [1.29, 1.82) is 0 Å². The van der Waals surface area contributed by atoms with Gasteiger partial charge < -0.3 is 25.0 Å². The van der Waals surface area contributed by atoms with Gasteiger partial charge in [-0.25, -0.2) is 14.5 Å². The van der Waals surface area contributed by atoms with Crippen molar-refractivity contribution in [3.05, 3.63) is 48.7 Å². The summed E-state index contributed by atoms with van der Waals surface area (Å²) in [6.45, 7) is 3.45. The quantitative estimate of drug-likeness (QED) is 0.445. The molecule has 5 amide bonds. The Morgan fingerprint density at radius 1 is 1.10 bits per heavy atom. The van der Waals surface area contributed by atoms with E-state index in [2.05, 4.69) is 27.9 Å². The second-order valence-electron chi connectivity index (χ2n) is 9.56. The number of imide groups is 1. The molecular formula is C27H31N7O5. The number of nitrogens with one attached hydrogen (secondary N) is 2. The van der Waals surface area contributed by atoms with Gasteiger partial charge in [-0.15, -0.1) is 5.10 Å². The molecule has 3 heterocycles. The zero-order valence-corrected chi connectivity index (χ0v) is 22.1. The van der Waals surface area contributed by atoms with Crippen molar-refractivity contribution in [2.45, 2.75) is 38.3 Å².